The molecular weight excluding hydrogens is 196 g/mol. The molecule has 0 aromatic carbocycles. The largest absolute Gasteiger partial charge is 0.466 e. The summed E-state index contributed by atoms with van der Waals surface area (Å²) in [5.41, 5.74) is 5.56. The predicted molar refractivity (Wildman–Crippen MR) is 57.0 cm³/mol. The van der Waals surface area contributed by atoms with Gasteiger partial charge in [0.05, 0.1) is 7.11 Å². The number of primary amides is 1. The molecule has 0 aliphatic carbocycles. The Bertz CT molecular complexity index is 261. The second-order valence-electron chi connectivity index (χ2n) is 3.36. The second-order valence-corrected chi connectivity index (χ2v) is 3.36. The van der Waals surface area contributed by atoms with Crippen molar-refractivity contribution in [2.45, 2.75) is 26.3 Å². The van der Waals surface area contributed by atoms with Gasteiger partial charge in [-0.2, -0.15) is 0 Å². The highest BCUT2D eigenvalue weighted by molar-refractivity contribution is 5.87. The van der Waals surface area contributed by atoms with Crippen LogP contribution in [-0.4, -0.2) is 31.6 Å². The number of carbonyl (C=O) groups is 2. The molecule has 0 saturated heterocycles. The Morgan fingerprint density at radius 2 is 2.13 bits per heavy atom. The highest BCUT2D eigenvalue weighted by atomic mass is 16.5. The smallest absolute Gasteiger partial charge is 0.333 e. The standard InChI is InChI=1S/C10H18N2O3/c1-7(10(14)15-3)4-5-12-8(2)6-9(11)13/h4,8,12H,5-6H2,1-3H3,(H2,11,13). The van der Waals surface area contributed by atoms with Crippen molar-refractivity contribution in [1.82, 2.24) is 5.32 Å². The third-order valence-corrected chi connectivity index (χ3v) is 1.89. The number of methoxy groups -OCH3 is 1. The number of esters is 1. The topological polar surface area (TPSA) is 81.4 Å². The molecule has 0 heterocycles. The first kappa shape index (κ1) is 13.6. The summed E-state index contributed by atoms with van der Waals surface area (Å²) in [4.78, 5) is 21.5. The molecule has 0 aromatic rings. The van der Waals surface area contributed by atoms with Crippen LogP contribution in [0.4, 0.5) is 0 Å². The van der Waals surface area contributed by atoms with E-state index in [4.69, 9.17) is 5.73 Å². The normalized spacial score (nSPS) is 13.4. The van der Waals surface area contributed by atoms with E-state index in [-0.39, 0.29) is 24.3 Å². The summed E-state index contributed by atoms with van der Waals surface area (Å²) < 4.78 is 4.52. The maximum Gasteiger partial charge on any atom is 0.333 e. The average Bonchev–Trinajstić information content (AvgIpc) is 2.15. The lowest BCUT2D eigenvalue weighted by molar-refractivity contribution is -0.136. The number of rotatable bonds is 6. The Kier molecular flexibility index (Phi) is 6.37. The molecule has 1 unspecified atom stereocenters. The van der Waals surface area contributed by atoms with E-state index in [2.05, 4.69) is 10.1 Å². The van der Waals surface area contributed by atoms with Crippen LogP contribution in [0.25, 0.3) is 0 Å². The van der Waals surface area contributed by atoms with Crippen LogP contribution in [0.5, 0.6) is 0 Å². The summed E-state index contributed by atoms with van der Waals surface area (Å²) in [6.45, 7) is 4.04. The van der Waals surface area contributed by atoms with Gasteiger partial charge in [0.1, 0.15) is 0 Å². The lowest BCUT2D eigenvalue weighted by Crippen LogP contribution is -2.31. The van der Waals surface area contributed by atoms with Crippen LogP contribution in [-0.2, 0) is 14.3 Å². The Labute approximate surface area is 89.7 Å². The van der Waals surface area contributed by atoms with Crippen molar-refractivity contribution < 1.29 is 14.3 Å². The van der Waals surface area contributed by atoms with Gasteiger partial charge in [0.25, 0.3) is 0 Å². The summed E-state index contributed by atoms with van der Waals surface area (Å²) in [5.74, 6) is -0.692. The van der Waals surface area contributed by atoms with Gasteiger partial charge in [-0.1, -0.05) is 6.08 Å². The number of nitrogens with one attached hydrogen (secondary N) is 1. The second kappa shape index (κ2) is 7.00. The minimum Gasteiger partial charge on any atom is -0.466 e. The molecule has 0 radical (unpaired) electrons. The van der Waals surface area contributed by atoms with E-state index in [1.165, 1.54) is 7.11 Å². The summed E-state index contributed by atoms with van der Waals surface area (Å²) in [6.07, 6.45) is 1.99. The van der Waals surface area contributed by atoms with Gasteiger partial charge in [-0.05, 0) is 13.8 Å². The van der Waals surface area contributed by atoms with Crippen LogP contribution in [0.1, 0.15) is 20.3 Å². The molecule has 0 aliphatic heterocycles. The van der Waals surface area contributed by atoms with Crippen molar-refractivity contribution in [3.8, 4) is 0 Å². The summed E-state index contributed by atoms with van der Waals surface area (Å²) in [7, 11) is 1.34. The van der Waals surface area contributed by atoms with Gasteiger partial charge in [0.15, 0.2) is 0 Å². The number of nitrogens with two attached hydrogens (primary N) is 1. The van der Waals surface area contributed by atoms with Crippen molar-refractivity contribution >= 4 is 11.9 Å². The zero-order valence-corrected chi connectivity index (χ0v) is 9.37. The quantitative estimate of drug-likeness (QED) is 0.480. The highest BCUT2D eigenvalue weighted by Gasteiger charge is 2.05. The fourth-order valence-corrected chi connectivity index (χ4v) is 1.03. The van der Waals surface area contributed by atoms with Gasteiger partial charge in [-0.3, -0.25) is 4.79 Å². The van der Waals surface area contributed by atoms with Crippen LogP contribution < -0.4 is 11.1 Å². The van der Waals surface area contributed by atoms with Crippen molar-refractivity contribution in [2.24, 2.45) is 5.73 Å². The molecule has 0 aromatic heterocycles. The van der Waals surface area contributed by atoms with Crippen LogP contribution >= 0.6 is 0 Å². The Morgan fingerprint density at radius 1 is 1.53 bits per heavy atom. The first-order valence-electron chi connectivity index (χ1n) is 4.74. The Balaban J connectivity index is 3.86. The van der Waals surface area contributed by atoms with E-state index in [1.807, 2.05) is 6.92 Å². The van der Waals surface area contributed by atoms with E-state index in [0.717, 1.165) is 0 Å². The van der Waals surface area contributed by atoms with Gasteiger partial charge < -0.3 is 15.8 Å². The lowest BCUT2D eigenvalue weighted by Gasteiger charge is -2.09. The number of hydrogen-bond donors (Lipinski definition) is 2. The van der Waals surface area contributed by atoms with Crippen LogP contribution in [0.2, 0.25) is 0 Å². The van der Waals surface area contributed by atoms with Crippen molar-refractivity contribution in [2.75, 3.05) is 13.7 Å². The minimum absolute atomic E-state index is 0.00389. The predicted octanol–water partition coefficient (Wildman–Crippen LogP) is -0.0408. The molecule has 86 valence electrons. The molecule has 5 nitrogen and oxygen atoms in total. The fraction of sp³-hybridized carbons (Fsp3) is 0.600. The summed E-state index contributed by atoms with van der Waals surface area (Å²) in [5, 5.41) is 3.04. The number of ether oxygens (including phenoxy) is 1. The third-order valence-electron chi connectivity index (χ3n) is 1.89. The van der Waals surface area contributed by atoms with Crippen LogP contribution in [0.3, 0.4) is 0 Å². The zero-order valence-electron chi connectivity index (χ0n) is 9.37. The fourth-order valence-electron chi connectivity index (χ4n) is 1.03. The number of carbonyl (C=O) groups excluding carboxylic acids is 2. The van der Waals surface area contributed by atoms with Gasteiger partial charge in [-0.15, -0.1) is 0 Å². The van der Waals surface area contributed by atoms with E-state index in [9.17, 15) is 9.59 Å². The van der Waals surface area contributed by atoms with Gasteiger partial charge in [0, 0.05) is 24.6 Å². The molecule has 3 N–H and O–H groups in total. The van der Waals surface area contributed by atoms with E-state index in [1.54, 1.807) is 13.0 Å². The van der Waals surface area contributed by atoms with Gasteiger partial charge >= 0.3 is 5.97 Å². The van der Waals surface area contributed by atoms with E-state index >= 15 is 0 Å². The minimum atomic E-state index is -0.348. The number of amides is 1. The summed E-state index contributed by atoms with van der Waals surface area (Å²) >= 11 is 0. The number of hydrogen-bond acceptors (Lipinski definition) is 4. The molecule has 0 bridgehead atoms. The monoisotopic (exact) mass is 214 g/mol. The Hall–Kier alpha value is -1.36. The average molecular weight is 214 g/mol. The SMILES string of the molecule is COC(=O)C(C)=CCNC(C)CC(N)=O. The van der Waals surface area contributed by atoms with E-state index < -0.39 is 0 Å². The maximum absolute atomic E-state index is 11.0. The molecule has 15 heavy (non-hydrogen) atoms. The van der Waals surface area contributed by atoms with Gasteiger partial charge in [0.2, 0.25) is 5.91 Å². The Morgan fingerprint density at radius 3 is 2.60 bits per heavy atom. The molecule has 5 heteroatoms. The zero-order chi connectivity index (χ0) is 11.8. The maximum atomic E-state index is 11.0. The molecule has 1 atom stereocenters. The van der Waals surface area contributed by atoms with Gasteiger partial charge in [-0.25, -0.2) is 4.79 Å². The van der Waals surface area contributed by atoms with Crippen molar-refractivity contribution in [3.05, 3.63) is 11.6 Å². The van der Waals surface area contributed by atoms with Crippen molar-refractivity contribution in [1.29, 1.82) is 0 Å². The molecule has 1 amide bonds. The molecule has 0 spiro atoms. The first-order chi connectivity index (χ1) is 6.97. The van der Waals surface area contributed by atoms with Crippen molar-refractivity contribution in [3.63, 3.8) is 0 Å². The molecule has 0 aliphatic rings. The highest BCUT2D eigenvalue weighted by Crippen LogP contribution is 1.95. The molecule has 0 fully saturated rings. The van der Waals surface area contributed by atoms with Crippen LogP contribution in [0.15, 0.2) is 11.6 Å². The first-order valence-corrected chi connectivity index (χ1v) is 4.74. The third kappa shape index (κ3) is 6.68. The molecular formula is C10H18N2O3. The van der Waals surface area contributed by atoms with E-state index in [0.29, 0.717) is 12.1 Å². The molecule has 0 rings (SSSR count). The summed E-state index contributed by atoms with van der Waals surface area (Å²) in [6, 6.07) is 0.00389. The van der Waals surface area contributed by atoms with Crippen LogP contribution in [0, 0.1) is 0 Å². The molecule has 0 saturated carbocycles. The lowest BCUT2D eigenvalue weighted by atomic mass is 10.2.